The minimum atomic E-state index is -2.89. The number of phenols is 1. The van der Waals surface area contributed by atoms with Crippen molar-refractivity contribution in [2.24, 2.45) is 0 Å². The molecule has 4 nitrogen and oxygen atoms in total. The third-order valence-corrected chi connectivity index (χ3v) is 5.64. The highest BCUT2D eigenvalue weighted by Crippen LogP contribution is 2.58. The Hall–Kier alpha value is -0.670. The Bertz CT molecular complexity index is 487. The summed E-state index contributed by atoms with van der Waals surface area (Å²) in [5.41, 5.74) is 2.25. The fourth-order valence-corrected chi connectivity index (χ4v) is 3.41. The summed E-state index contributed by atoms with van der Waals surface area (Å²) in [6, 6.07) is 3.88. The van der Waals surface area contributed by atoms with E-state index in [0.29, 0.717) is 11.9 Å². The molecule has 126 valence electrons. The Labute approximate surface area is 135 Å². The zero-order valence-corrected chi connectivity index (χ0v) is 15.9. The molecule has 0 bridgehead atoms. The van der Waals surface area contributed by atoms with E-state index in [2.05, 4.69) is 41.5 Å². The molecular weight excluding hydrogens is 299 g/mol. The second-order valence-electron chi connectivity index (χ2n) is 7.70. The van der Waals surface area contributed by atoms with Gasteiger partial charge in [-0.1, -0.05) is 41.5 Å². The summed E-state index contributed by atoms with van der Waals surface area (Å²) < 4.78 is 10.3. The van der Waals surface area contributed by atoms with Crippen LogP contribution < -0.4 is 0 Å². The number of aromatic hydroxyl groups is 1. The van der Waals surface area contributed by atoms with E-state index in [4.69, 9.17) is 9.05 Å². The summed E-state index contributed by atoms with van der Waals surface area (Å²) in [4.78, 5) is 10.3. The topological polar surface area (TPSA) is 58.9 Å². The molecule has 0 saturated heterocycles. The molecule has 1 rings (SSSR count). The molecule has 0 unspecified atom stereocenters. The van der Waals surface area contributed by atoms with E-state index < -0.39 is 7.94 Å². The fourth-order valence-electron chi connectivity index (χ4n) is 2.36. The van der Waals surface area contributed by atoms with Crippen LogP contribution in [0.15, 0.2) is 12.1 Å². The quantitative estimate of drug-likeness (QED) is 0.797. The second kappa shape index (κ2) is 6.45. The highest BCUT2D eigenvalue weighted by Gasteiger charge is 2.39. The molecule has 0 aliphatic rings. The van der Waals surface area contributed by atoms with Gasteiger partial charge in [-0.3, -0.25) is 0 Å². The van der Waals surface area contributed by atoms with Crippen molar-refractivity contribution in [1.82, 2.24) is 0 Å². The van der Waals surface area contributed by atoms with E-state index in [-0.39, 0.29) is 10.8 Å². The van der Waals surface area contributed by atoms with E-state index in [1.54, 1.807) is 0 Å². The van der Waals surface area contributed by atoms with Gasteiger partial charge in [0.1, 0.15) is 5.75 Å². The molecule has 22 heavy (non-hydrogen) atoms. The zero-order chi connectivity index (χ0) is 17.3. The minimum Gasteiger partial charge on any atom is -0.507 e. The van der Waals surface area contributed by atoms with Crippen molar-refractivity contribution < 1.29 is 19.0 Å². The normalized spacial score (nSPS) is 13.5. The molecule has 1 aromatic carbocycles. The summed E-state index contributed by atoms with van der Waals surface area (Å²) in [5, 5.41) is 10.7. The van der Waals surface area contributed by atoms with Crippen molar-refractivity contribution in [3.63, 3.8) is 0 Å². The van der Waals surface area contributed by atoms with E-state index >= 15 is 0 Å². The smallest absolute Gasteiger partial charge is 0.412 e. The average molecular weight is 329 g/mol. The van der Waals surface area contributed by atoms with Crippen LogP contribution in [0, 0.1) is 0 Å². The van der Waals surface area contributed by atoms with Gasteiger partial charge in [0.25, 0.3) is 0 Å². The average Bonchev–Trinajstić information content (AvgIpc) is 2.37. The first-order chi connectivity index (χ1) is 9.84. The van der Waals surface area contributed by atoms with Crippen molar-refractivity contribution in [2.75, 3.05) is 14.2 Å². The standard InChI is InChI=1S/C17H29O4P/c1-16(2,3)13-9-12(11-22(19,20-7)21-8)10-14(15(13)18)17(4,5)6/h9-10,19H,11H2,1-8H3/p+1. The highest BCUT2D eigenvalue weighted by atomic mass is 31.2. The van der Waals surface area contributed by atoms with Gasteiger partial charge in [-0.25, -0.2) is 0 Å². The molecule has 0 amide bonds. The Morgan fingerprint density at radius 3 is 1.55 bits per heavy atom. The molecule has 0 aliphatic carbocycles. The van der Waals surface area contributed by atoms with Crippen molar-refractivity contribution in [3.05, 3.63) is 28.8 Å². The summed E-state index contributed by atoms with van der Waals surface area (Å²) in [6.07, 6.45) is 0.298. The van der Waals surface area contributed by atoms with Crippen molar-refractivity contribution >= 4 is 7.94 Å². The molecule has 0 aromatic heterocycles. The Morgan fingerprint density at radius 2 is 1.27 bits per heavy atom. The molecule has 1 aromatic rings. The summed E-state index contributed by atoms with van der Waals surface area (Å²) in [5.74, 6) is 0.334. The maximum absolute atomic E-state index is 10.7. The molecule has 0 fully saturated rings. The first kappa shape index (κ1) is 19.4. The fraction of sp³-hybridized carbons (Fsp3) is 0.647. The van der Waals surface area contributed by atoms with Gasteiger partial charge in [-0.15, -0.1) is 0 Å². The lowest BCUT2D eigenvalue weighted by molar-refractivity contribution is 0.239. The first-order valence-corrected chi connectivity index (χ1v) is 9.19. The number of hydrogen-bond acceptors (Lipinski definition) is 4. The first-order valence-electron chi connectivity index (χ1n) is 7.43. The van der Waals surface area contributed by atoms with Gasteiger partial charge in [-0.05, 0) is 39.7 Å². The van der Waals surface area contributed by atoms with Crippen LogP contribution in [0.2, 0.25) is 0 Å². The minimum absolute atomic E-state index is 0.198. The third kappa shape index (κ3) is 4.42. The van der Waals surface area contributed by atoms with E-state index in [1.165, 1.54) is 14.2 Å². The molecule has 0 heterocycles. The molecular formula is C17H30O4P+. The van der Waals surface area contributed by atoms with E-state index in [1.807, 2.05) is 12.1 Å². The largest absolute Gasteiger partial charge is 0.507 e. The molecule has 0 spiro atoms. The SMILES string of the molecule is CO[P+](O)(Cc1cc(C(C)(C)C)c(O)c(C(C)(C)C)c1)OC. The van der Waals surface area contributed by atoms with Crippen LogP contribution in [-0.4, -0.2) is 24.2 Å². The highest BCUT2D eigenvalue weighted by molar-refractivity contribution is 7.59. The predicted molar refractivity (Wildman–Crippen MR) is 92.4 cm³/mol. The lowest BCUT2D eigenvalue weighted by Crippen LogP contribution is -2.18. The van der Waals surface area contributed by atoms with Gasteiger partial charge in [0.2, 0.25) is 0 Å². The van der Waals surface area contributed by atoms with Crippen LogP contribution in [0.4, 0.5) is 0 Å². The molecule has 0 aliphatic heterocycles. The van der Waals surface area contributed by atoms with Crippen molar-refractivity contribution in [1.29, 1.82) is 0 Å². The number of hydrogen-bond donors (Lipinski definition) is 2. The van der Waals surface area contributed by atoms with Gasteiger partial charge in [0.15, 0.2) is 6.16 Å². The second-order valence-corrected chi connectivity index (χ2v) is 10.0. The Morgan fingerprint density at radius 1 is 0.909 bits per heavy atom. The van der Waals surface area contributed by atoms with Crippen LogP contribution in [-0.2, 0) is 26.0 Å². The van der Waals surface area contributed by atoms with Crippen molar-refractivity contribution in [2.45, 2.75) is 58.5 Å². The van der Waals surface area contributed by atoms with Crippen LogP contribution in [0.3, 0.4) is 0 Å². The molecule has 2 N–H and O–H groups in total. The lowest BCUT2D eigenvalue weighted by atomic mass is 9.78. The van der Waals surface area contributed by atoms with Crippen LogP contribution >= 0.6 is 7.94 Å². The van der Waals surface area contributed by atoms with Gasteiger partial charge >= 0.3 is 7.94 Å². The lowest BCUT2D eigenvalue weighted by Gasteiger charge is -2.28. The maximum Gasteiger partial charge on any atom is 0.412 e. The monoisotopic (exact) mass is 329 g/mol. The number of benzene rings is 1. The van der Waals surface area contributed by atoms with Gasteiger partial charge < -0.3 is 5.11 Å². The number of rotatable bonds is 4. The predicted octanol–water partition coefficient (Wildman–Crippen LogP) is 4.53. The summed E-state index contributed by atoms with van der Waals surface area (Å²) in [6.45, 7) is 12.4. The van der Waals surface area contributed by atoms with Crippen LogP contribution in [0.1, 0.15) is 58.2 Å². The van der Waals surface area contributed by atoms with E-state index in [0.717, 1.165) is 16.7 Å². The van der Waals surface area contributed by atoms with Gasteiger partial charge in [0.05, 0.1) is 14.2 Å². The van der Waals surface area contributed by atoms with Gasteiger partial charge in [-0.2, -0.15) is 13.9 Å². The van der Waals surface area contributed by atoms with E-state index in [9.17, 15) is 10.00 Å². The molecule has 5 heteroatoms. The number of phenolic OH excluding ortho intramolecular Hbond substituents is 1. The molecule has 0 saturated carbocycles. The molecule has 0 atom stereocenters. The van der Waals surface area contributed by atoms with Gasteiger partial charge in [0, 0.05) is 0 Å². The Kier molecular flexibility index (Phi) is 5.68. The summed E-state index contributed by atoms with van der Waals surface area (Å²) >= 11 is 0. The maximum atomic E-state index is 10.7. The van der Waals surface area contributed by atoms with Crippen LogP contribution in [0.25, 0.3) is 0 Å². The third-order valence-electron chi connectivity index (χ3n) is 3.74. The van der Waals surface area contributed by atoms with Crippen LogP contribution in [0.5, 0.6) is 5.75 Å². The Balaban J connectivity index is 3.48. The van der Waals surface area contributed by atoms with Crippen molar-refractivity contribution in [3.8, 4) is 5.75 Å². The molecule has 0 radical (unpaired) electrons. The zero-order valence-electron chi connectivity index (χ0n) is 15.0. The summed E-state index contributed by atoms with van der Waals surface area (Å²) in [7, 11) is 0.00876.